The van der Waals surface area contributed by atoms with E-state index in [1.807, 2.05) is 59.2 Å². The van der Waals surface area contributed by atoms with E-state index in [2.05, 4.69) is 11.1 Å². The molecule has 5 nitrogen and oxygen atoms in total. The Morgan fingerprint density at radius 3 is 3.08 bits per heavy atom. The van der Waals surface area contributed by atoms with Gasteiger partial charge in [-0.05, 0) is 48.1 Å². The van der Waals surface area contributed by atoms with Gasteiger partial charge in [0, 0.05) is 49.8 Å². The van der Waals surface area contributed by atoms with E-state index in [1.54, 1.807) is 6.20 Å². The van der Waals surface area contributed by atoms with Gasteiger partial charge < -0.3 is 14.2 Å². The Bertz CT molecular complexity index is 904. The van der Waals surface area contributed by atoms with E-state index in [-0.39, 0.29) is 12.0 Å². The van der Waals surface area contributed by atoms with Crippen LogP contribution in [-0.2, 0) is 18.4 Å². The summed E-state index contributed by atoms with van der Waals surface area (Å²) in [6, 6.07) is 11.9. The molecule has 4 rings (SSSR count). The van der Waals surface area contributed by atoms with Gasteiger partial charge in [0.2, 0.25) is 0 Å². The van der Waals surface area contributed by atoms with Crippen LogP contribution in [0.4, 0.5) is 0 Å². The third-order valence-corrected chi connectivity index (χ3v) is 5.01. The fourth-order valence-corrected chi connectivity index (χ4v) is 3.53. The van der Waals surface area contributed by atoms with E-state index in [4.69, 9.17) is 4.74 Å². The van der Waals surface area contributed by atoms with Crippen LogP contribution in [0.15, 0.2) is 55.0 Å². The van der Waals surface area contributed by atoms with Crippen molar-refractivity contribution in [3.63, 3.8) is 0 Å². The van der Waals surface area contributed by atoms with E-state index >= 15 is 0 Å². The number of fused-ring (bicyclic) bond motifs is 1. The third kappa shape index (κ3) is 3.48. The molecule has 0 aliphatic carbocycles. The van der Waals surface area contributed by atoms with Crippen LogP contribution in [0.25, 0.3) is 10.9 Å². The SMILES string of the molecule is Cn1ccc2ccc(C(=O)N3CCC[C@H](OCc4cccnc4)C3)cc21. The number of likely N-dealkylation sites (tertiary alicyclic amines) is 1. The predicted octanol–water partition coefficient (Wildman–Crippen LogP) is 3.39. The molecule has 1 aliphatic heterocycles. The van der Waals surface area contributed by atoms with Crippen LogP contribution in [0.5, 0.6) is 0 Å². The maximum Gasteiger partial charge on any atom is 0.254 e. The van der Waals surface area contributed by atoms with E-state index in [0.717, 1.165) is 41.4 Å². The van der Waals surface area contributed by atoms with Crippen LogP contribution in [-0.4, -0.2) is 39.6 Å². The minimum atomic E-state index is 0.0756. The smallest absolute Gasteiger partial charge is 0.254 e. The Balaban J connectivity index is 1.42. The summed E-state index contributed by atoms with van der Waals surface area (Å²) in [7, 11) is 2.00. The maximum absolute atomic E-state index is 12.9. The highest BCUT2D eigenvalue weighted by molar-refractivity contribution is 5.98. The summed E-state index contributed by atoms with van der Waals surface area (Å²) in [5.74, 6) is 0.0859. The third-order valence-electron chi connectivity index (χ3n) is 5.01. The number of amides is 1. The van der Waals surface area contributed by atoms with Crippen molar-refractivity contribution in [3.8, 4) is 0 Å². The summed E-state index contributed by atoms with van der Waals surface area (Å²) in [5, 5.41) is 1.15. The van der Waals surface area contributed by atoms with E-state index < -0.39 is 0 Å². The second-order valence-electron chi connectivity index (χ2n) is 6.89. The zero-order chi connectivity index (χ0) is 17.9. The van der Waals surface area contributed by atoms with Crippen molar-refractivity contribution in [2.45, 2.75) is 25.6 Å². The van der Waals surface area contributed by atoms with Gasteiger partial charge in [0.1, 0.15) is 0 Å². The first-order chi connectivity index (χ1) is 12.7. The van der Waals surface area contributed by atoms with Crippen molar-refractivity contribution in [1.82, 2.24) is 14.5 Å². The lowest BCUT2D eigenvalue weighted by Gasteiger charge is -2.32. The molecule has 1 aromatic carbocycles. The lowest BCUT2D eigenvalue weighted by atomic mass is 10.1. The number of aromatic nitrogens is 2. The number of benzene rings is 1. The highest BCUT2D eigenvalue weighted by atomic mass is 16.5. The van der Waals surface area contributed by atoms with Gasteiger partial charge in [0.05, 0.1) is 12.7 Å². The average molecular weight is 349 g/mol. The van der Waals surface area contributed by atoms with Crippen molar-refractivity contribution >= 4 is 16.8 Å². The summed E-state index contributed by atoms with van der Waals surface area (Å²) in [6.07, 6.45) is 7.62. The van der Waals surface area contributed by atoms with Crippen molar-refractivity contribution in [3.05, 3.63) is 66.1 Å². The van der Waals surface area contributed by atoms with Crippen molar-refractivity contribution in [1.29, 1.82) is 0 Å². The Morgan fingerprint density at radius 2 is 2.23 bits per heavy atom. The number of aryl methyl sites for hydroxylation is 1. The van der Waals surface area contributed by atoms with Crippen LogP contribution in [0.1, 0.15) is 28.8 Å². The second kappa shape index (κ2) is 7.30. The normalized spacial score (nSPS) is 17.6. The topological polar surface area (TPSA) is 47.4 Å². The molecule has 0 bridgehead atoms. The highest BCUT2D eigenvalue weighted by Crippen LogP contribution is 2.21. The van der Waals surface area contributed by atoms with E-state index in [1.165, 1.54) is 0 Å². The van der Waals surface area contributed by atoms with Crippen LogP contribution in [0.2, 0.25) is 0 Å². The zero-order valence-corrected chi connectivity index (χ0v) is 15.0. The van der Waals surface area contributed by atoms with Crippen LogP contribution < -0.4 is 0 Å². The number of carbonyl (C=O) groups is 1. The molecule has 1 atom stereocenters. The summed E-state index contributed by atoms with van der Waals surface area (Å²) < 4.78 is 8.07. The Hall–Kier alpha value is -2.66. The highest BCUT2D eigenvalue weighted by Gasteiger charge is 2.25. The molecule has 1 aliphatic rings. The quantitative estimate of drug-likeness (QED) is 0.725. The number of pyridine rings is 1. The molecule has 2 aromatic heterocycles. The van der Waals surface area contributed by atoms with Crippen molar-refractivity contribution < 1.29 is 9.53 Å². The van der Waals surface area contributed by atoms with E-state index in [0.29, 0.717) is 13.2 Å². The van der Waals surface area contributed by atoms with Gasteiger partial charge in [-0.15, -0.1) is 0 Å². The molecular weight excluding hydrogens is 326 g/mol. The van der Waals surface area contributed by atoms with E-state index in [9.17, 15) is 4.79 Å². The molecule has 0 radical (unpaired) electrons. The first-order valence-corrected chi connectivity index (χ1v) is 9.05. The number of ether oxygens (including phenoxy) is 1. The van der Waals surface area contributed by atoms with Gasteiger partial charge in [0.15, 0.2) is 0 Å². The molecule has 134 valence electrons. The number of piperidine rings is 1. The summed E-state index contributed by atoms with van der Waals surface area (Å²) in [5.41, 5.74) is 2.88. The lowest BCUT2D eigenvalue weighted by Crippen LogP contribution is -2.43. The number of rotatable bonds is 4. The minimum Gasteiger partial charge on any atom is -0.372 e. The molecule has 1 amide bonds. The minimum absolute atomic E-state index is 0.0756. The fraction of sp³-hybridized carbons (Fsp3) is 0.333. The number of hydrogen-bond donors (Lipinski definition) is 0. The predicted molar refractivity (Wildman–Crippen MR) is 101 cm³/mol. The van der Waals surface area contributed by atoms with Crippen molar-refractivity contribution in [2.24, 2.45) is 7.05 Å². The molecule has 0 unspecified atom stereocenters. The molecular formula is C21H23N3O2. The number of hydrogen-bond acceptors (Lipinski definition) is 3. The Labute approximate surface area is 153 Å². The molecule has 3 aromatic rings. The lowest BCUT2D eigenvalue weighted by molar-refractivity contribution is -0.00680. The monoisotopic (exact) mass is 349 g/mol. The van der Waals surface area contributed by atoms with Gasteiger partial charge in [-0.3, -0.25) is 9.78 Å². The average Bonchev–Trinajstić information content (AvgIpc) is 3.07. The number of carbonyl (C=O) groups excluding carboxylic acids is 1. The molecule has 26 heavy (non-hydrogen) atoms. The summed E-state index contributed by atoms with van der Waals surface area (Å²) in [6.45, 7) is 1.97. The van der Waals surface area contributed by atoms with Gasteiger partial charge in [-0.1, -0.05) is 12.1 Å². The van der Waals surface area contributed by atoms with Gasteiger partial charge in [-0.2, -0.15) is 0 Å². The number of nitrogens with zero attached hydrogens (tertiary/aromatic N) is 3. The molecule has 3 heterocycles. The molecule has 1 saturated heterocycles. The first kappa shape index (κ1) is 16.8. The summed E-state index contributed by atoms with van der Waals surface area (Å²) >= 11 is 0. The Morgan fingerprint density at radius 1 is 1.31 bits per heavy atom. The largest absolute Gasteiger partial charge is 0.372 e. The van der Waals surface area contributed by atoms with Crippen LogP contribution >= 0.6 is 0 Å². The molecule has 5 heteroatoms. The summed E-state index contributed by atoms with van der Waals surface area (Å²) in [4.78, 5) is 19.0. The molecule has 1 fully saturated rings. The van der Waals surface area contributed by atoms with Crippen LogP contribution in [0, 0.1) is 0 Å². The Kier molecular flexibility index (Phi) is 4.71. The van der Waals surface area contributed by atoms with Gasteiger partial charge >= 0.3 is 0 Å². The van der Waals surface area contributed by atoms with Crippen LogP contribution in [0.3, 0.4) is 0 Å². The standard InChI is InChI=1S/C21H23N3O2/c1-23-11-8-17-6-7-18(12-20(17)23)21(25)24-10-3-5-19(14-24)26-15-16-4-2-9-22-13-16/h2,4,6-9,11-13,19H,3,5,10,14-15H2,1H3/t19-/m0/s1. The fourth-order valence-electron chi connectivity index (χ4n) is 3.53. The molecule has 0 saturated carbocycles. The zero-order valence-electron chi connectivity index (χ0n) is 15.0. The molecule has 0 N–H and O–H groups in total. The van der Waals surface area contributed by atoms with Gasteiger partial charge in [-0.25, -0.2) is 0 Å². The van der Waals surface area contributed by atoms with Gasteiger partial charge in [0.25, 0.3) is 5.91 Å². The first-order valence-electron chi connectivity index (χ1n) is 9.05. The van der Waals surface area contributed by atoms with Crippen molar-refractivity contribution in [2.75, 3.05) is 13.1 Å². The second-order valence-corrected chi connectivity index (χ2v) is 6.89. The molecule has 0 spiro atoms. The maximum atomic E-state index is 12.9.